The van der Waals surface area contributed by atoms with Gasteiger partial charge in [-0.25, -0.2) is 4.79 Å². The Labute approximate surface area is 130 Å². The molecule has 5 heteroatoms. The maximum Gasteiger partial charge on any atom is 0.328 e. The van der Waals surface area contributed by atoms with Crippen LogP contribution in [0.4, 0.5) is 0 Å². The second kappa shape index (κ2) is 7.64. The molecule has 22 heavy (non-hydrogen) atoms. The smallest absolute Gasteiger partial charge is 0.328 e. The topological polar surface area (TPSA) is 55.8 Å². The van der Waals surface area contributed by atoms with E-state index in [0.29, 0.717) is 13.0 Å². The molecular weight excluding hydrogens is 282 g/mol. The lowest BCUT2D eigenvalue weighted by Crippen LogP contribution is -2.47. The van der Waals surface area contributed by atoms with E-state index >= 15 is 0 Å². The van der Waals surface area contributed by atoms with Crippen LogP contribution >= 0.6 is 0 Å². The molecule has 0 bridgehead atoms. The average Bonchev–Trinajstić information content (AvgIpc) is 2.59. The standard InChI is InChI=1S/C17H21NO4/c1-21-14-7-5-6-13(12-14)9-10-16(19)18-11-4-3-8-15(18)17(20)22-2/h5-7,9-10,12,15H,3-4,8,11H2,1-2H3/b10-9+/t15-/m0/s1. The van der Waals surface area contributed by atoms with Crippen LogP contribution in [0, 0.1) is 0 Å². The second-order valence-corrected chi connectivity index (χ2v) is 5.18. The number of hydrogen-bond donors (Lipinski definition) is 0. The fraction of sp³-hybridized carbons (Fsp3) is 0.412. The zero-order valence-electron chi connectivity index (χ0n) is 13.0. The predicted octanol–water partition coefficient (Wildman–Crippen LogP) is 2.26. The molecule has 0 aliphatic carbocycles. The third-order valence-electron chi connectivity index (χ3n) is 3.77. The molecule has 2 rings (SSSR count). The maximum absolute atomic E-state index is 12.4. The van der Waals surface area contributed by atoms with Crippen molar-refractivity contribution in [2.75, 3.05) is 20.8 Å². The molecule has 118 valence electrons. The Kier molecular flexibility index (Phi) is 5.58. The van der Waals surface area contributed by atoms with Crippen molar-refractivity contribution in [3.05, 3.63) is 35.9 Å². The molecule has 1 saturated heterocycles. The minimum Gasteiger partial charge on any atom is -0.497 e. The first kappa shape index (κ1) is 16.1. The van der Waals surface area contributed by atoms with Gasteiger partial charge in [0.1, 0.15) is 11.8 Å². The van der Waals surface area contributed by atoms with Crippen LogP contribution < -0.4 is 4.74 Å². The van der Waals surface area contributed by atoms with Gasteiger partial charge in [-0.3, -0.25) is 4.79 Å². The molecule has 1 heterocycles. The van der Waals surface area contributed by atoms with Gasteiger partial charge in [-0.1, -0.05) is 12.1 Å². The molecule has 1 aromatic rings. The van der Waals surface area contributed by atoms with Crippen molar-refractivity contribution >= 4 is 18.0 Å². The Morgan fingerprint density at radius 3 is 2.82 bits per heavy atom. The van der Waals surface area contributed by atoms with Gasteiger partial charge in [0.25, 0.3) is 0 Å². The summed E-state index contributed by atoms with van der Waals surface area (Å²) < 4.78 is 9.94. The predicted molar refractivity (Wildman–Crippen MR) is 83.4 cm³/mol. The number of rotatable bonds is 4. The molecule has 1 fully saturated rings. The van der Waals surface area contributed by atoms with E-state index in [1.54, 1.807) is 18.1 Å². The summed E-state index contributed by atoms with van der Waals surface area (Å²) in [5.74, 6) is 0.223. The Balaban J connectivity index is 2.08. The largest absolute Gasteiger partial charge is 0.497 e. The van der Waals surface area contributed by atoms with Crippen molar-refractivity contribution in [2.45, 2.75) is 25.3 Å². The van der Waals surface area contributed by atoms with Crippen LogP contribution in [0.1, 0.15) is 24.8 Å². The minimum atomic E-state index is -0.471. The van der Waals surface area contributed by atoms with Crippen molar-refractivity contribution < 1.29 is 19.1 Å². The molecule has 0 aromatic heterocycles. The van der Waals surface area contributed by atoms with E-state index in [9.17, 15) is 9.59 Å². The molecule has 0 radical (unpaired) electrons. The van der Waals surface area contributed by atoms with E-state index < -0.39 is 6.04 Å². The molecular formula is C17H21NO4. The minimum absolute atomic E-state index is 0.169. The summed E-state index contributed by atoms with van der Waals surface area (Å²) in [7, 11) is 2.95. The van der Waals surface area contributed by atoms with Crippen LogP contribution in [0.5, 0.6) is 5.75 Å². The van der Waals surface area contributed by atoms with Gasteiger partial charge in [-0.2, -0.15) is 0 Å². The highest BCUT2D eigenvalue weighted by atomic mass is 16.5. The molecule has 0 spiro atoms. The molecule has 1 amide bonds. The summed E-state index contributed by atoms with van der Waals surface area (Å²) in [6.45, 7) is 0.584. The number of piperidine rings is 1. The number of methoxy groups -OCH3 is 2. The Hall–Kier alpha value is -2.30. The molecule has 5 nitrogen and oxygen atoms in total. The fourth-order valence-electron chi connectivity index (χ4n) is 2.58. The van der Waals surface area contributed by atoms with Gasteiger partial charge in [0.15, 0.2) is 0 Å². The van der Waals surface area contributed by atoms with Crippen LogP contribution in [0.15, 0.2) is 30.3 Å². The van der Waals surface area contributed by atoms with Crippen LogP contribution in [-0.2, 0) is 14.3 Å². The first-order valence-electron chi connectivity index (χ1n) is 7.36. The summed E-state index contributed by atoms with van der Waals surface area (Å²) in [5, 5.41) is 0. The average molecular weight is 303 g/mol. The van der Waals surface area contributed by atoms with Crippen molar-refractivity contribution in [2.24, 2.45) is 0 Å². The summed E-state index contributed by atoms with van der Waals surface area (Å²) >= 11 is 0. The molecule has 0 saturated carbocycles. The van der Waals surface area contributed by atoms with Crippen LogP contribution in [0.3, 0.4) is 0 Å². The summed E-state index contributed by atoms with van der Waals surface area (Å²) in [6.07, 6.45) is 5.73. The molecule has 1 aliphatic heterocycles. The van der Waals surface area contributed by atoms with Crippen molar-refractivity contribution in [1.82, 2.24) is 4.90 Å². The van der Waals surface area contributed by atoms with Gasteiger partial charge in [0, 0.05) is 12.6 Å². The number of carbonyl (C=O) groups excluding carboxylic acids is 2. The quantitative estimate of drug-likeness (QED) is 0.632. The number of nitrogens with zero attached hydrogens (tertiary/aromatic N) is 1. The van der Waals surface area contributed by atoms with Crippen LogP contribution in [0.2, 0.25) is 0 Å². The van der Waals surface area contributed by atoms with Gasteiger partial charge in [0.2, 0.25) is 5.91 Å². The second-order valence-electron chi connectivity index (χ2n) is 5.18. The third-order valence-corrected chi connectivity index (χ3v) is 3.77. The lowest BCUT2D eigenvalue weighted by atomic mass is 10.0. The van der Waals surface area contributed by atoms with Gasteiger partial charge in [-0.05, 0) is 43.0 Å². The van der Waals surface area contributed by atoms with Crippen molar-refractivity contribution in [3.63, 3.8) is 0 Å². The summed E-state index contributed by atoms with van der Waals surface area (Å²) in [6, 6.07) is 6.97. The highest BCUT2D eigenvalue weighted by Crippen LogP contribution is 2.19. The van der Waals surface area contributed by atoms with Gasteiger partial charge in [0.05, 0.1) is 14.2 Å². The number of ether oxygens (including phenoxy) is 2. The van der Waals surface area contributed by atoms with E-state index in [4.69, 9.17) is 9.47 Å². The van der Waals surface area contributed by atoms with Crippen LogP contribution in [-0.4, -0.2) is 43.6 Å². The van der Waals surface area contributed by atoms with E-state index in [-0.39, 0.29) is 11.9 Å². The highest BCUT2D eigenvalue weighted by Gasteiger charge is 2.31. The Bertz CT molecular complexity index is 568. The summed E-state index contributed by atoms with van der Waals surface area (Å²) in [5.41, 5.74) is 0.874. The van der Waals surface area contributed by atoms with E-state index in [1.165, 1.54) is 13.2 Å². The first-order valence-corrected chi connectivity index (χ1v) is 7.36. The molecule has 1 atom stereocenters. The number of hydrogen-bond acceptors (Lipinski definition) is 4. The number of amides is 1. The van der Waals surface area contributed by atoms with E-state index in [2.05, 4.69) is 0 Å². The Morgan fingerprint density at radius 2 is 2.09 bits per heavy atom. The van der Waals surface area contributed by atoms with Crippen molar-refractivity contribution in [1.29, 1.82) is 0 Å². The number of esters is 1. The number of benzene rings is 1. The summed E-state index contributed by atoms with van der Waals surface area (Å²) in [4.78, 5) is 25.7. The zero-order chi connectivity index (χ0) is 15.9. The first-order chi connectivity index (χ1) is 10.7. The van der Waals surface area contributed by atoms with E-state index in [1.807, 2.05) is 24.3 Å². The van der Waals surface area contributed by atoms with Gasteiger partial charge in [-0.15, -0.1) is 0 Å². The van der Waals surface area contributed by atoms with Gasteiger partial charge < -0.3 is 14.4 Å². The lowest BCUT2D eigenvalue weighted by molar-refractivity contribution is -0.153. The molecule has 1 aromatic carbocycles. The Morgan fingerprint density at radius 1 is 1.27 bits per heavy atom. The van der Waals surface area contributed by atoms with Gasteiger partial charge >= 0.3 is 5.97 Å². The molecule has 0 unspecified atom stereocenters. The fourth-order valence-corrected chi connectivity index (χ4v) is 2.58. The molecule has 1 aliphatic rings. The highest BCUT2D eigenvalue weighted by molar-refractivity contribution is 5.94. The molecule has 0 N–H and O–H groups in total. The maximum atomic E-state index is 12.4. The van der Waals surface area contributed by atoms with E-state index in [0.717, 1.165) is 24.2 Å². The SMILES string of the molecule is COC(=O)[C@@H]1CCCCN1C(=O)/C=C/c1cccc(OC)c1. The number of carbonyl (C=O) groups is 2. The monoisotopic (exact) mass is 303 g/mol. The van der Waals surface area contributed by atoms with Crippen LogP contribution in [0.25, 0.3) is 6.08 Å². The van der Waals surface area contributed by atoms with Crippen molar-refractivity contribution in [3.8, 4) is 5.75 Å². The number of likely N-dealkylation sites (tertiary alicyclic amines) is 1. The normalized spacial score (nSPS) is 18.3. The lowest BCUT2D eigenvalue weighted by Gasteiger charge is -2.32. The third kappa shape index (κ3) is 3.87. The zero-order valence-corrected chi connectivity index (χ0v) is 13.0.